The van der Waals surface area contributed by atoms with E-state index in [1.165, 1.54) is 12.3 Å². The fraction of sp³-hybridized carbons (Fsp3) is 0.333. The second-order valence-corrected chi connectivity index (χ2v) is 5.49. The Morgan fingerprint density at radius 1 is 1.32 bits per heavy atom. The van der Waals surface area contributed by atoms with Crippen LogP contribution in [0.1, 0.15) is 23.2 Å². The van der Waals surface area contributed by atoms with Gasteiger partial charge in [-0.2, -0.15) is 0 Å². The van der Waals surface area contributed by atoms with Gasteiger partial charge in [-0.15, -0.1) is 0 Å². The molecule has 1 saturated heterocycles. The molecular formula is C15H18FN5O. The van der Waals surface area contributed by atoms with Crippen LogP contribution in [0.25, 0.3) is 0 Å². The number of hydrogen-bond acceptors (Lipinski definition) is 5. The molecule has 0 atom stereocenters. The van der Waals surface area contributed by atoms with Gasteiger partial charge in [-0.05, 0) is 44.0 Å². The van der Waals surface area contributed by atoms with Crippen molar-refractivity contribution in [3.63, 3.8) is 0 Å². The highest BCUT2D eigenvalue weighted by Crippen LogP contribution is 2.37. The molecule has 0 spiro atoms. The Hall–Kier alpha value is -2.41. The number of primary amides is 1. The van der Waals surface area contributed by atoms with Gasteiger partial charge < -0.3 is 27.1 Å². The van der Waals surface area contributed by atoms with Crippen LogP contribution in [-0.2, 0) is 0 Å². The summed E-state index contributed by atoms with van der Waals surface area (Å²) in [4.78, 5) is 11.5. The van der Waals surface area contributed by atoms with Crippen LogP contribution in [-0.4, -0.2) is 25.2 Å². The highest BCUT2D eigenvalue weighted by molar-refractivity contribution is 6.04. The summed E-state index contributed by atoms with van der Waals surface area (Å²) in [5.74, 6) is -0.333. The maximum Gasteiger partial charge on any atom is 0.250 e. The summed E-state index contributed by atoms with van der Waals surface area (Å²) in [6.07, 6.45) is 3.19. The first kappa shape index (κ1) is 14.5. The Morgan fingerprint density at radius 3 is 2.68 bits per heavy atom. The number of fused-ring (bicyclic) bond motifs is 1. The van der Waals surface area contributed by atoms with Crippen molar-refractivity contribution in [1.29, 1.82) is 5.41 Å². The summed E-state index contributed by atoms with van der Waals surface area (Å²) in [7, 11) is 0. The molecule has 0 aliphatic carbocycles. The maximum atomic E-state index is 13.6. The normalized spacial score (nSPS) is 19.9. The van der Waals surface area contributed by atoms with Gasteiger partial charge in [0.15, 0.2) is 0 Å². The predicted octanol–water partition coefficient (Wildman–Crippen LogP) is 1.62. The lowest BCUT2D eigenvalue weighted by molar-refractivity contribution is 0.100. The summed E-state index contributed by atoms with van der Waals surface area (Å²) in [6.45, 7) is 1.81. The maximum absolute atomic E-state index is 13.6. The third-order valence-corrected chi connectivity index (χ3v) is 4.10. The number of carbonyl (C=O) groups is 1. The van der Waals surface area contributed by atoms with Crippen molar-refractivity contribution < 1.29 is 9.18 Å². The lowest BCUT2D eigenvalue weighted by Gasteiger charge is -2.24. The molecule has 1 fully saturated rings. The molecule has 3 rings (SSSR count). The molecule has 0 radical (unpaired) electrons. The zero-order chi connectivity index (χ0) is 15.7. The van der Waals surface area contributed by atoms with Crippen molar-refractivity contribution in [2.24, 2.45) is 11.7 Å². The van der Waals surface area contributed by atoms with Crippen molar-refractivity contribution in [2.75, 3.05) is 23.7 Å². The Bertz CT molecular complexity index is 664. The quantitative estimate of drug-likeness (QED) is 0.547. The van der Waals surface area contributed by atoms with E-state index < -0.39 is 11.7 Å². The van der Waals surface area contributed by atoms with E-state index in [1.54, 1.807) is 0 Å². The number of anilines is 2. The van der Waals surface area contributed by atoms with Crippen LogP contribution >= 0.6 is 0 Å². The number of carbonyl (C=O) groups excluding carboxylic acids is 1. The van der Waals surface area contributed by atoms with Gasteiger partial charge in [0.25, 0.3) is 5.91 Å². The van der Waals surface area contributed by atoms with Gasteiger partial charge in [-0.25, -0.2) is 4.39 Å². The number of benzene rings is 1. The first-order chi connectivity index (χ1) is 10.6. The molecule has 1 amide bonds. The number of halogens is 1. The lowest BCUT2D eigenvalue weighted by atomic mass is 9.90. The highest BCUT2D eigenvalue weighted by atomic mass is 19.1. The second kappa shape index (κ2) is 5.76. The van der Waals surface area contributed by atoms with Crippen LogP contribution in [0.2, 0.25) is 0 Å². The van der Waals surface area contributed by atoms with Gasteiger partial charge in [-0.3, -0.25) is 4.79 Å². The van der Waals surface area contributed by atoms with Crippen LogP contribution in [0, 0.1) is 17.1 Å². The van der Waals surface area contributed by atoms with E-state index in [0.29, 0.717) is 17.2 Å². The molecule has 1 aromatic carbocycles. The Kier molecular flexibility index (Phi) is 3.81. The summed E-state index contributed by atoms with van der Waals surface area (Å²) in [5.41, 5.74) is 7.18. The molecule has 7 heteroatoms. The molecule has 22 heavy (non-hydrogen) atoms. The molecular weight excluding hydrogens is 285 g/mol. The number of amides is 1. The number of allylic oxidation sites excluding steroid dienone is 1. The van der Waals surface area contributed by atoms with Crippen LogP contribution in [0.5, 0.6) is 0 Å². The largest absolute Gasteiger partial charge is 0.366 e. The molecule has 116 valence electrons. The van der Waals surface area contributed by atoms with Crippen molar-refractivity contribution in [2.45, 2.75) is 12.8 Å². The van der Waals surface area contributed by atoms with Gasteiger partial charge in [0.1, 0.15) is 11.6 Å². The minimum atomic E-state index is -0.690. The third kappa shape index (κ3) is 2.55. The first-order valence-electron chi connectivity index (χ1n) is 7.23. The minimum Gasteiger partial charge on any atom is -0.366 e. The number of nitrogens with two attached hydrogens (primary N) is 1. The van der Waals surface area contributed by atoms with Gasteiger partial charge >= 0.3 is 0 Å². The van der Waals surface area contributed by atoms with E-state index in [-0.39, 0.29) is 11.5 Å². The molecule has 6 N–H and O–H groups in total. The van der Waals surface area contributed by atoms with Gasteiger partial charge in [-0.1, -0.05) is 0 Å². The van der Waals surface area contributed by atoms with E-state index in [1.807, 2.05) is 0 Å². The molecule has 6 nitrogen and oxygen atoms in total. The smallest absolute Gasteiger partial charge is 0.250 e. The second-order valence-electron chi connectivity index (χ2n) is 5.49. The molecule has 0 bridgehead atoms. The molecule has 2 aliphatic heterocycles. The minimum absolute atomic E-state index is 0.104. The van der Waals surface area contributed by atoms with Crippen molar-refractivity contribution in [1.82, 2.24) is 5.32 Å². The summed E-state index contributed by atoms with van der Waals surface area (Å²) in [6, 6.07) is 2.43. The predicted molar refractivity (Wildman–Crippen MR) is 83.6 cm³/mol. The van der Waals surface area contributed by atoms with E-state index in [0.717, 1.165) is 37.6 Å². The zero-order valence-electron chi connectivity index (χ0n) is 12.0. The van der Waals surface area contributed by atoms with Crippen LogP contribution in [0.4, 0.5) is 15.8 Å². The van der Waals surface area contributed by atoms with E-state index in [4.69, 9.17) is 11.1 Å². The molecule has 0 aromatic heterocycles. The first-order valence-corrected chi connectivity index (χ1v) is 7.23. The Morgan fingerprint density at radius 2 is 2.05 bits per heavy atom. The summed E-state index contributed by atoms with van der Waals surface area (Å²) >= 11 is 0. The summed E-state index contributed by atoms with van der Waals surface area (Å²) in [5, 5.41) is 17.1. The fourth-order valence-corrected chi connectivity index (χ4v) is 3.00. The number of hydrogen-bond donors (Lipinski definition) is 5. The standard InChI is InChI=1S/C15H18FN5O/c16-9-5-10(14(18)22)13-12(6-9)20-15(21-13)11(7-17)8-1-3-19-4-2-8/h5-8,17,19-21H,1-4H2,(H2,18,22)/b15-11+,17-7?. The fourth-order valence-electron chi connectivity index (χ4n) is 3.00. The van der Waals surface area contributed by atoms with Crippen molar-refractivity contribution in [3.8, 4) is 0 Å². The van der Waals surface area contributed by atoms with Gasteiger partial charge in [0.05, 0.1) is 16.9 Å². The van der Waals surface area contributed by atoms with Crippen molar-refractivity contribution >= 4 is 23.5 Å². The average molecular weight is 303 g/mol. The third-order valence-electron chi connectivity index (χ3n) is 4.10. The lowest BCUT2D eigenvalue weighted by Crippen LogP contribution is -2.30. The summed E-state index contributed by atoms with van der Waals surface area (Å²) < 4.78 is 13.6. The number of rotatable bonds is 3. The van der Waals surface area contributed by atoms with Gasteiger partial charge in [0, 0.05) is 11.8 Å². The Balaban J connectivity index is 1.98. The van der Waals surface area contributed by atoms with Crippen LogP contribution in [0.15, 0.2) is 23.5 Å². The molecule has 0 unspecified atom stereocenters. The zero-order valence-corrected chi connectivity index (χ0v) is 12.0. The van der Waals surface area contributed by atoms with Crippen LogP contribution in [0.3, 0.4) is 0 Å². The average Bonchev–Trinajstić information content (AvgIpc) is 2.91. The molecule has 1 aromatic rings. The van der Waals surface area contributed by atoms with Gasteiger partial charge in [0.2, 0.25) is 0 Å². The van der Waals surface area contributed by atoms with Crippen LogP contribution < -0.4 is 21.7 Å². The van der Waals surface area contributed by atoms with E-state index >= 15 is 0 Å². The number of piperidine rings is 1. The monoisotopic (exact) mass is 303 g/mol. The van der Waals surface area contributed by atoms with E-state index in [9.17, 15) is 9.18 Å². The topological polar surface area (TPSA) is 103 Å². The van der Waals surface area contributed by atoms with Crippen molar-refractivity contribution in [3.05, 3.63) is 34.9 Å². The van der Waals surface area contributed by atoms with E-state index in [2.05, 4.69) is 16.0 Å². The number of nitrogens with one attached hydrogen (secondary N) is 4. The molecule has 2 aliphatic rings. The molecule has 0 saturated carbocycles. The Labute approximate surface area is 127 Å². The SMILES string of the molecule is N=C/C(=C1/Nc2cc(F)cc(C(N)=O)c2N1)C1CCNCC1. The molecule has 2 heterocycles. The highest BCUT2D eigenvalue weighted by Gasteiger charge is 2.26.